The first kappa shape index (κ1) is 46.2. The van der Waals surface area contributed by atoms with Crippen LogP contribution in [0.4, 0.5) is 21.5 Å². The number of nitrogens with one attached hydrogen (secondary N) is 2. The second-order valence-electron chi connectivity index (χ2n) is 17.7. The van der Waals surface area contributed by atoms with E-state index < -0.39 is 24.2 Å². The van der Waals surface area contributed by atoms with E-state index in [1.165, 1.54) is 12.1 Å². The number of carbonyl (C=O) groups is 4. The number of amides is 4. The SMILES string of the molecule is CCN(CC)[C@@H](C(=O)N1CCC[C@H]1C(=O)Nc1ccc(CN(Cc2ccc(NC(=O)[C@@H]3CCCN3C(=O)[C@@H](c3ccccc3)N3CCCC3)cc2)c2ccc(F)cc2)cc1)c1ccccc1. The van der Waals surface area contributed by atoms with Crippen LogP contribution in [0.1, 0.15) is 86.7 Å². The Morgan fingerprint density at radius 3 is 1.53 bits per heavy atom. The molecule has 4 atom stereocenters. The molecule has 3 aliphatic heterocycles. The summed E-state index contributed by atoms with van der Waals surface area (Å²) in [5, 5.41) is 6.16. The lowest BCUT2D eigenvalue weighted by atomic mass is 10.0. The number of carbonyl (C=O) groups excluding carboxylic acids is 4. The summed E-state index contributed by atoms with van der Waals surface area (Å²) in [6.07, 6.45) is 4.87. The third-order valence-corrected chi connectivity index (χ3v) is 13.4. The van der Waals surface area contributed by atoms with Gasteiger partial charge in [-0.05, 0) is 135 Å². The van der Waals surface area contributed by atoms with Crippen LogP contribution in [0, 0.1) is 5.82 Å². The second kappa shape index (κ2) is 21.7. The number of rotatable bonds is 17. The molecule has 0 radical (unpaired) electrons. The Morgan fingerprint density at radius 1 is 0.576 bits per heavy atom. The number of likely N-dealkylation sites (tertiary alicyclic amines) is 3. The molecule has 11 nitrogen and oxygen atoms in total. The van der Waals surface area contributed by atoms with Crippen molar-refractivity contribution in [1.29, 1.82) is 0 Å². The van der Waals surface area contributed by atoms with Gasteiger partial charge in [0.15, 0.2) is 0 Å². The third-order valence-electron chi connectivity index (χ3n) is 13.4. The predicted octanol–water partition coefficient (Wildman–Crippen LogP) is 8.81. The monoisotopic (exact) mass is 891 g/mol. The maximum Gasteiger partial charge on any atom is 0.247 e. The van der Waals surface area contributed by atoms with Crippen LogP contribution in [0.2, 0.25) is 0 Å². The standard InChI is InChI=1S/C54H62FN7O4/c1-3-58(4-2)49(41-15-7-5-8-16-41)53(65)61-35-13-19-47(61)51(63)56-44-27-21-39(22-28-44)37-60(46-31-25-43(55)26-32-46)38-40-23-29-45(30-24-40)57-52(64)48-20-14-36-62(48)54(66)50(59-33-11-12-34-59)42-17-9-6-10-18-42/h5-10,15-18,21-32,47-50H,3-4,11-14,19-20,33-38H2,1-2H3,(H,56,63)(H,57,64)/t47-,48-,49+,50+/m0/s1. The number of anilines is 3. The Kier molecular flexibility index (Phi) is 15.2. The van der Waals surface area contributed by atoms with Crippen LogP contribution in [0.5, 0.6) is 0 Å². The van der Waals surface area contributed by atoms with E-state index in [4.69, 9.17) is 0 Å². The molecule has 0 bridgehead atoms. The zero-order valence-corrected chi connectivity index (χ0v) is 38.2. The molecule has 3 saturated heterocycles. The first-order valence-electron chi connectivity index (χ1n) is 23.7. The molecule has 3 aliphatic rings. The molecule has 12 heteroatoms. The number of halogens is 1. The van der Waals surface area contributed by atoms with Crippen LogP contribution in [0.25, 0.3) is 0 Å². The summed E-state index contributed by atoms with van der Waals surface area (Å²) < 4.78 is 14.1. The van der Waals surface area contributed by atoms with E-state index in [0.717, 1.165) is 66.7 Å². The molecule has 4 amide bonds. The summed E-state index contributed by atoms with van der Waals surface area (Å²) in [5.41, 5.74) is 5.99. The molecular formula is C54H62FN7O4. The zero-order valence-electron chi connectivity index (χ0n) is 38.2. The lowest BCUT2D eigenvalue weighted by molar-refractivity contribution is -0.141. The maximum atomic E-state index is 14.2. The number of hydrogen-bond donors (Lipinski definition) is 2. The fourth-order valence-electron chi connectivity index (χ4n) is 9.97. The van der Waals surface area contributed by atoms with Crippen LogP contribution in [0.3, 0.4) is 0 Å². The Balaban J connectivity index is 0.902. The van der Waals surface area contributed by atoms with E-state index in [0.29, 0.717) is 63.5 Å². The van der Waals surface area contributed by atoms with Crippen molar-refractivity contribution in [2.75, 3.05) is 54.8 Å². The van der Waals surface area contributed by atoms with Crippen LogP contribution < -0.4 is 15.5 Å². The molecule has 2 N–H and O–H groups in total. The smallest absolute Gasteiger partial charge is 0.247 e. The molecule has 344 valence electrons. The Morgan fingerprint density at radius 2 is 1.05 bits per heavy atom. The molecule has 3 heterocycles. The summed E-state index contributed by atoms with van der Waals surface area (Å²) in [5.74, 6) is -0.762. The summed E-state index contributed by atoms with van der Waals surface area (Å²) in [6.45, 7) is 9.36. The average molecular weight is 892 g/mol. The van der Waals surface area contributed by atoms with Crippen molar-refractivity contribution in [2.24, 2.45) is 0 Å². The van der Waals surface area contributed by atoms with Gasteiger partial charge in [0.2, 0.25) is 23.6 Å². The highest BCUT2D eigenvalue weighted by Crippen LogP contribution is 2.32. The van der Waals surface area contributed by atoms with Crippen molar-refractivity contribution in [3.63, 3.8) is 0 Å². The number of likely N-dealkylation sites (N-methyl/N-ethyl adjacent to an activating group) is 1. The lowest BCUT2D eigenvalue weighted by Gasteiger charge is -2.34. The fraction of sp³-hybridized carbons (Fsp3) is 0.370. The minimum atomic E-state index is -0.563. The highest BCUT2D eigenvalue weighted by Gasteiger charge is 2.41. The lowest BCUT2D eigenvalue weighted by Crippen LogP contribution is -2.48. The molecule has 0 spiro atoms. The quantitative estimate of drug-likeness (QED) is 0.0962. The van der Waals surface area contributed by atoms with Gasteiger partial charge in [0.1, 0.15) is 30.0 Å². The Labute approximate surface area is 388 Å². The minimum Gasteiger partial charge on any atom is -0.363 e. The minimum absolute atomic E-state index is 0.0104. The Hall–Kier alpha value is -6.37. The van der Waals surface area contributed by atoms with E-state index in [1.54, 1.807) is 21.9 Å². The molecule has 8 rings (SSSR count). The predicted molar refractivity (Wildman–Crippen MR) is 258 cm³/mol. The summed E-state index contributed by atoms with van der Waals surface area (Å²) >= 11 is 0. The van der Waals surface area contributed by atoms with Crippen LogP contribution in [-0.2, 0) is 32.3 Å². The van der Waals surface area contributed by atoms with Crippen molar-refractivity contribution >= 4 is 40.7 Å². The molecule has 0 unspecified atom stereocenters. The van der Waals surface area contributed by atoms with Gasteiger partial charge < -0.3 is 25.3 Å². The first-order chi connectivity index (χ1) is 32.2. The van der Waals surface area contributed by atoms with Crippen molar-refractivity contribution in [1.82, 2.24) is 19.6 Å². The molecule has 0 saturated carbocycles. The molecule has 5 aromatic carbocycles. The van der Waals surface area contributed by atoms with E-state index in [1.807, 2.05) is 109 Å². The zero-order chi connectivity index (χ0) is 46.0. The average Bonchev–Trinajstić information content (AvgIpc) is 4.17. The van der Waals surface area contributed by atoms with Gasteiger partial charge in [-0.15, -0.1) is 0 Å². The van der Waals surface area contributed by atoms with Crippen LogP contribution in [0.15, 0.2) is 133 Å². The van der Waals surface area contributed by atoms with Gasteiger partial charge in [0, 0.05) is 43.2 Å². The van der Waals surface area contributed by atoms with Gasteiger partial charge in [-0.3, -0.25) is 29.0 Å². The summed E-state index contributed by atoms with van der Waals surface area (Å²) in [4.78, 5) is 66.0. The van der Waals surface area contributed by atoms with Gasteiger partial charge in [-0.25, -0.2) is 4.39 Å². The first-order valence-corrected chi connectivity index (χ1v) is 23.7. The maximum absolute atomic E-state index is 14.2. The van der Waals surface area contributed by atoms with Gasteiger partial charge in [0.05, 0.1) is 0 Å². The normalized spacial score (nSPS) is 18.3. The molecule has 5 aromatic rings. The van der Waals surface area contributed by atoms with Crippen molar-refractivity contribution in [2.45, 2.75) is 89.6 Å². The molecule has 0 aromatic heterocycles. The van der Waals surface area contributed by atoms with Crippen LogP contribution in [-0.4, -0.2) is 94.6 Å². The van der Waals surface area contributed by atoms with E-state index in [-0.39, 0.29) is 29.4 Å². The van der Waals surface area contributed by atoms with E-state index in [2.05, 4.69) is 39.2 Å². The topological polar surface area (TPSA) is 109 Å². The summed E-state index contributed by atoms with van der Waals surface area (Å²) in [6, 6.07) is 39.6. The van der Waals surface area contributed by atoms with Gasteiger partial charge >= 0.3 is 0 Å². The van der Waals surface area contributed by atoms with E-state index in [9.17, 15) is 23.6 Å². The molecule has 66 heavy (non-hydrogen) atoms. The van der Waals surface area contributed by atoms with Crippen molar-refractivity contribution in [3.8, 4) is 0 Å². The van der Waals surface area contributed by atoms with Crippen LogP contribution >= 0.6 is 0 Å². The highest BCUT2D eigenvalue weighted by molar-refractivity contribution is 5.99. The van der Waals surface area contributed by atoms with E-state index >= 15 is 0 Å². The number of benzene rings is 5. The third kappa shape index (κ3) is 10.8. The molecule has 3 fully saturated rings. The van der Waals surface area contributed by atoms with Gasteiger partial charge in [-0.2, -0.15) is 0 Å². The summed E-state index contributed by atoms with van der Waals surface area (Å²) in [7, 11) is 0. The number of hydrogen-bond acceptors (Lipinski definition) is 7. The largest absolute Gasteiger partial charge is 0.363 e. The van der Waals surface area contributed by atoms with Gasteiger partial charge in [-0.1, -0.05) is 98.8 Å². The van der Waals surface area contributed by atoms with Crippen molar-refractivity contribution < 1.29 is 23.6 Å². The van der Waals surface area contributed by atoms with Gasteiger partial charge in [0.25, 0.3) is 0 Å². The molecular weight excluding hydrogens is 830 g/mol. The van der Waals surface area contributed by atoms with Crippen molar-refractivity contribution in [3.05, 3.63) is 162 Å². The second-order valence-corrected chi connectivity index (χ2v) is 17.7. The fourth-order valence-corrected chi connectivity index (χ4v) is 9.97. The highest BCUT2D eigenvalue weighted by atomic mass is 19.1. The number of nitrogens with zero attached hydrogens (tertiary/aromatic N) is 5. The Bertz CT molecular complexity index is 2260. The molecule has 0 aliphatic carbocycles.